The quantitative estimate of drug-likeness (QED) is 0.827. The molecule has 2 atom stereocenters. The van der Waals surface area contributed by atoms with Gasteiger partial charge in [0.25, 0.3) is 0 Å². The van der Waals surface area contributed by atoms with Crippen molar-refractivity contribution in [1.29, 1.82) is 0 Å². The van der Waals surface area contributed by atoms with E-state index in [1.807, 2.05) is 0 Å². The Morgan fingerprint density at radius 2 is 1.05 bits per heavy atom. The Balaban J connectivity index is 1.86. The highest BCUT2D eigenvalue weighted by molar-refractivity contribution is 5.32. The van der Waals surface area contributed by atoms with Crippen LogP contribution in [-0.2, 0) is 0 Å². The van der Waals surface area contributed by atoms with Gasteiger partial charge in [-0.3, -0.25) is 9.80 Å². The fourth-order valence-electron chi connectivity index (χ4n) is 3.67. The largest absolute Gasteiger partial charge is 0.296 e. The highest BCUT2D eigenvalue weighted by Crippen LogP contribution is 2.34. The Morgan fingerprint density at radius 3 is 1.41 bits per heavy atom. The normalized spacial score (nSPS) is 23.6. The third-order valence-electron chi connectivity index (χ3n) is 5.08. The van der Waals surface area contributed by atoms with E-state index in [2.05, 4.69) is 86.3 Å². The Morgan fingerprint density at radius 1 is 0.682 bits per heavy atom. The van der Waals surface area contributed by atoms with Gasteiger partial charge in [-0.1, -0.05) is 48.5 Å². The minimum Gasteiger partial charge on any atom is -0.296 e. The van der Waals surface area contributed by atoms with Crippen molar-refractivity contribution in [3.8, 4) is 0 Å². The van der Waals surface area contributed by atoms with E-state index >= 15 is 0 Å². The second-order valence-corrected chi connectivity index (χ2v) is 6.62. The summed E-state index contributed by atoms with van der Waals surface area (Å²) < 4.78 is 0. The number of rotatable bonds is 2. The van der Waals surface area contributed by atoms with Crippen LogP contribution in [0, 0.1) is 13.8 Å². The molecule has 0 amide bonds. The monoisotopic (exact) mass is 294 g/mol. The number of benzene rings is 2. The molecule has 1 fully saturated rings. The first-order valence-corrected chi connectivity index (χ1v) is 8.09. The van der Waals surface area contributed by atoms with Crippen LogP contribution in [0.3, 0.4) is 0 Å². The van der Waals surface area contributed by atoms with E-state index in [0.717, 1.165) is 13.1 Å². The van der Waals surface area contributed by atoms with Crippen molar-refractivity contribution in [1.82, 2.24) is 9.80 Å². The van der Waals surface area contributed by atoms with Crippen LogP contribution in [0.4, 0.5) is 0 Å². The zero-order chi connectivity index (χ0) is 15.7. The number of aryl methyl sites for hydroxylation is 2. The molecule has 0 radical (unpaired) electrons. The Hall–Kier alpha value is -1.64. The van der Waals surface area contributed by atoms with Gasteiger partial charge < -0.3 is 0 Å². The molecule has 1 aliphatic heterocycles. The third-order valence-corrected chi connectivity index (χ3v) is 5.08. The molecule has 1 heterocycles. The minimum atomic E-state index is 0.478. The standard InChI is InChI=1S/C20H26N2/c1-15-9-5-7-11-17(15)19-13-22(4)20(14-21(19)3)18-12-8-6-10-16(18)2/h5-12,19-20H,13-14H2,1-4H3/t19-,20+. The molecular weight excluding hydrogens is 268 g/mol. The van der Waals surface area contributed by atoms with Gasteiger partial charge in [-0.25, -0.2) is 0 Å². The molecular formula is C20H26N2. The van der Waals surface area contributed by atoms with Gasteiger partial charge in [0.15, 0.2) is 0 Å². The fourth-order valence-corrected chi connectivity index (χ4v) is 3.67. The van der Waals surface area contributed by atoms with Crippen molar-refractivity contribution in [2.45, 2.75) is 25.9 Å². The van der Waals surface area contributed by atoms with Crippen LogP contribution in [0.25, 0.3) is 0 Å². The second kappa shape index (κ2) is 6.23. The predicted molar refractivity (Wildman–Crippen MR) is 93.1 cm³/mol. The van der Waals surface area contributed by atoms with Crippen LogP contribution >= 0.6 is 0 Å². The summed E-state index contributed by atoms with van der Waals surface area (Å²) in [6, 6.07) is 18.5. The van der Waals surface area contributed by atoms with E-state index in [1.165, 1.54) is 22.3 Å². The Kier molecular flexibility index (Phi) is 4.32. The highest BCUT2D eigenvalue weighted by Gasteiger charge is 2.32. The lowest BCUT2D eigenvalue weighted by molar-refractivity contribution is 0.0618. The average molecular weight is 294 g/mol. The maximum absolute atomic E-state index is 2.51. The molecule has 0 unspecified atom stereocenters. The van der Waals surface area contributed by atoms with Gasteiger partial charge in [0.2, 0.25) is 0 Å². The van der Waals surface area contributed by atoms with Gasteiger partial charge in [-0.2, -0.15) is 0 Å². The molecule has 0 saturated carbocycles. The number of likely N-dealkylation sites (N-methyl/N-ethyl adjacent to an activating group) is 2. The summed E-state index contributed by atoms with van der Waals surface area (Å²) in [6.45, 7) is 6.58. The van der Waals surface area contributed by atoms with Gasteiger partial charge in [0.1, 0.15) is 0 Å². The van der Waals surface area contributed by atoms with Crippen molar-refractivity contribution >= 4 is 0 Å². The summed E-state index contributed by atoms with van der Waals surface area (Å²) in [6.07, 6.45) is 0. The lowest BCUT2D eigenvalue weighted by atomic mass is 9.92. The van der Waals surface area contributed by atoms with Crippen molar-refractivity contribution in [2.24, 2.45) is 0 Å². The first-order chi connectivity index (χ1) is 10.6. The lowest BCUT2D eigenvalue weighted by Crippen LogP contribution is -2.47. The van der Waals surface area contributed by atoms with Crippen molar-refractivity contribution < 1.29 is 0 Å². The molecule has 2 heteroatoms. The summed E-state index contributed by atoms with van der Waals surface area (Å²) in [4.78, 5) is 5.03. The zero-order valence-electron chi connectivity index (χ0n) is 14.1. The van der Waals surface area contributed by atoms with Gasteiger partial charge >= 0.3 is 0 Å². The predicted octanol–water partition coefficient (Wildman–Crippen LogP) is 3.96. The van der Waals surface area contributed by atoms with Gasteiger partial charge in [0, 0.05) is 25.2 Å². The zero-order valence-corrected chi connectivity index (χ0v) is 14.1. The molecule has 2 aromatic rings. The fraction of sp³-hybridized carbons (Fsp3) is 0.400. The summed E-state index contributed by atoms with van der Waals surface area (Å²) in [5.74, 6) is 0. The Bertz CT molecular complexity index is 592. The van der Waals surface area contributed by atoms with Gasteiger partial charge in [-0.15, -0.1) is 0 Å². The molecule has 22 heavy (non-hydrogen) atoms. The highest BCUT2D eigenvalue weighted by atomic mass is 15.3. The number of hydrogen-bond donors (Lipinski definition) is 0. The molecule has 116 valence electrons. The van der Waals surface area contributed by atoms with E-state index in [9.17, 15) is 0 Å². The smallest absolute Gasteiger partial charge is 0.0475 e. The van der Waals surface area contributed by atoms with Crippen LogP contribution in [0.2, 0.25) is 0 Å². The number of nitrogens with zero attached hydrogens (tertiary/aromatic N) is 2. The average Bonchev–Trinajstić information content (AvgIpc) is 2.51. The van der Waals surface area contributed by atoms with E-state index in [4.69, 9.17) is 0 Å². The van der Waals surface area contributed by atoms with Crippen LogP contribution in [-0.4, -0.2) is 37.0 Å². The molecule has 0 aromatic heterocycles. The van der Waals surface area contributed by atoms with Gasteiger partial charge in [-0.05, 0) is 50.2 Å². The lowest BCUT2D eigenvalue weighted by Gasteiger charge is -2.44. The molecule has 1 aliphatic rings. The van der Waals surface area contributed by atoms with Crippen LogP contribution in [0.15, 0.2) is 48.5 Å². The molecule has 0 spiro atoms. The van der Waals surface area contributed by atoms with Crippen LogP contribution in [0.1, 0.15) is 34.3 Å². The van der Waals surface area contributed by atoms with Crippen LogP contribution in [0.5, 0.6) is 0 Å². The van der Waals surface area contributed by atoms with Crippen molar-refractivity contribution in [3.05, 3.63) is 70.8 Å². The molecule has 3 rings (SSSR count). The summed E-state index contributed by atoms with van der Waals surface area (Å²) in [5.41, 5.74) is 5.70. The third kappa shape index (κ3) is 2.81. The molecule has 0 bridgehead atoms. The van der Waals surface area contributed by atoms with E-state index in [1.54, 1.807) is 0 Å². The molecule has 0 N–H and O–H groups in total. The summed E-state index contributed by atoms with van der Waals surface area (Å²) in [5, 5.41) is 0. The van der Waals surface area contributed by atoms with E-state index in [-0.39, 0.29) is 0 Å². The molecule has 1 saturated heterocycles. The summed E-state index contributed by atoms with van der Waals surface area (Å²) in [7, 11) is 4.52. The molecule has 2 nitrogen and oxygen atoms in total. The van der Waals surface area contributed by atoms with E-state index in [0.29, 0.717) is 12.1 Å². The Labute approximate surface area is 134 Å². The van der Waals surface area contributed by atoms with Crippen molar-refractivity contribution in [2.75, 3.05) is 27.2 Å². The number of hydrogen-bond acceptors (Lipinski definition) is 2. The second-order valence-electron chi connectivity index (χ2n) is 6.62. The van der Waals surface area contributed by atoms with E-state index < -0.39 is 0 Å². The molecule has 0 aliphatic carbocycles. The first-order valence-electron chi connectivity index (χ1n) is 8.09. The maximum Gasteiger partial charge on any atom is 0.0475 e. The first kappa shape index (κ1) is 15.3. The van der Waals surface area contributed by atoms with Crippen molar-refractivity contribution in [3.63, 3.8) is 0 Å². The van der Waals surface area contributed by atoms with Crippen LogP contribution < -0.4 is 0 Å². The topological polar surface area (TPSA) is 6.48 Å². The summed E-state index contributed by atoms with van der Waals surface area (Å²) >= 11 is 0. The van der Waals surface area contributed by atoms with Gasteiger partial charge in [0.05, 0.1) is 0 Å². The molecule has 2 aromatic carbocycles. The maximum atomic E-state index is 2.51. The SMILES string of the molecule is Cc1ccccc1[C@H]1CN(C)[C@H](c2ccccc2C)CN1C. The minimum absolute atomic E-state index is 0.478. The number of piperazine rings is 1.